The molecular formula is C13H19N3OS. The van der Waals surface area contributed by atoms with E-state index in [1.165, 1.54) is 24.2 Å². The first-order valence-electron chi connectivity index (χ1n) is 6.64. The SMILES string of the molecule is Cn1ccsc1=NC(=O)CC1CC2CCC(C1)N2. The van der Waals surface area contributed by atoms with Crippen LogP contribution in [0.1, 0.15) is 32.1 Å². The fourth-order valence-electron chi connectivity index (χ4n) is 3.18. The van der Waals surface area contributed by atoms with Gasteiger partial charge in [0, 0.05) is 37.1 Å². The molecular weight excluding hydrogens is 246 g/mol. The first-order valence-corrected chi connectivity index (χ1v) is 7.52. The van der Waals surface area contributed by atoms with E-state index < -0.39 is 0 Å². The van der Waals surface area contributed by atoms with Crippen molar-refractivity contribution in [3.05, 3.63) is 16.4 Å². The molecule has 2 aliphatic heterocycles. The van der Waals surface area contributed by atoms with Crippen LogP contribution in [0.25, 0.3) is 0 Å². The molecule has 2 atom stereocenters. The van der Waals surface area contributed by atoms with Crippen LogP contribution < -0.4 is 10.1 Å². The summed E-state index contributed by atoms with van der Waals surface area (Å²) in [5, 5.41) is 5.56. The molecule has 2 fully saturated rings. The van der Waals surface area contributed by atoms with Crippen LogP contribution in [0.2, 0.25) is 0 Å². The van der Waals surface area contributed by atoms with Crippen LogP contribution in [0.15, 0.2) is 16.6 Å². The lowest BCUT2D eigenvalue weighted by molar-refractivity contribution is -0.119. The van der Waals surface area contributed by atoms with Crippen molar-refractivity contribution in [3.8, 4) is 0 Å². The van der Waals surface area contributed by atoms with Gasteiger partial charge in [-0.1, -0.05) is 0 Å². The van der Waals surface area contributed by atoms with E-state index in [0.29, 0.717) is 24.4 Å². The zero-order valence-electron chi connectivity index (χ0n) is 10.6. The molecule has 1 aromatic rings. The van der Waals surface area contributed by atoms with Gasteiger partial charge in [-0.25, -0.2) is 0 Å². The lowest BCUT2D eigenvalue weighted by atomic mass is 9.89. The Hall–Kier alpha value is -0.940. The van der Waals surface area contributed by atoms with Crippen LogP contribution >= 0.6 is 11.3 Å². The molecule has 1 amide bonds. The number of carbonyl (C=O) groups excluding carboxylic acids is 1. The van der Waals surface area contributed by atoms with Crippen LogP contribution in [0, 0.1) is 5.92 Å². The Morgan fingerprint density at radius 2 is 2.22 bits per heavy atom. The Balaban J connectivity index is 1.63. The molecule has 0 spiro atoms. The van der Waals surface area contributed by atoms with Gasteiger partial charge in [-0.2, -0.15) is 4.99 Å². The van der Waals surface area contributed by atoms with Gasteiger partial charge in [-0.3, -0.25) is 4.79 Å². The van der Waals surface area contributed by atoms with Crippen molar-refractivity contribution in [3.63, 3.8) is 0 Å². The summed E-state index contributed by atoms with van der Waals surface area (Å²) >= 11 is 1.52. The van der Waals surface area contributed by atoms with Gasteiger partial charge in [0.25, 0.3) is 0 Å². The van der Waals surface area contributed by atoms with Gasteiger partial charge in [0.05, 0.1) is 0 Å². The molecule has 2 aliphatic rings. The summed E-state index contributed by atoms with van der Waals surface area (Å²) < 4.78 is 1.90. The van der Waals surface area contributed by atoms with Crippen molar-refractivity contribution in [2.24, 2.45) is 18.0 Å². The number of aromatic nitrogens is 1. The number of hydrogen-bond acceptors (Lipinski definition) is 3. The molecule has 2 unspecified atom stereocenters. The summed E-state index contributed by atoms with van der Waals surface area (Å²) in [6.07, 6.45) is 7.41. The monoisotopic (exact) mass is 265 g/mol. The van der Waals surface area contributed by atoms with Crippen molar-refractivity contribution in [1.29, 1.82) is 0 Å². The summed E-state index contributed by atoms with van der Waals surface area (Å²) in [7, 11) is 1.92. The number of amides is 1. The topological polar surface area (TPSA) is 46.4 Å². The Kier molecular flexibility index (Phi) is 3.35. The highest BCUT2D eigenvalue weighted by Gasteiger charge is 2.34. The van der Waals surface area contributed by atoms with Crippen molar-refractivity contribution >= 4 is 17.2 Å². The van der Waals surface area contributed by atoms with Crippen LogP contribution in [0.4, 0.5) is 0 Å². The van der Waals surface area contributed by atoms with Crippen molar-refractivity contribution in [1.82, 2.24) is 9.88 Å². The van der Waals surface area contributed by atoms with E-state index in [0.717, 1.165) is 17.6 Å². The number of piperidine rings is 1. The highest BCUT2D eigenvalue weighted by Crippen LogP contribution is 2.32. The fraction of sp³-hybridized carbons (Fsp3) is 0.692. The molecule has 3 rings (SSSR count). The zero-order chi connectivity index (χ0) is 12.5. The minimum atomic E-state index is 0.0411. The van der Waals surface area contributed by atoms with Gasteiger partial charge in [0.15, 0.2) is 4.80 Å². The molecule has 0 aromatic carbocycles. The summed E-state index contributed by atoms with van der Waals surface area (Å²) in [6, 6.07) is 1.30. The third-order valence-corrected chi connectivity index (χ3v) is 4.86. The summed E-state index contributed by atoms with van der Waals surface area (Å²) in [4.78, 5) is 17.0. The van der Waals surface area contributed by atoms with Crippen LogP contribution in [0.3, 0.4) is 0 Å². The summed E-state index contributed by atoms with van der Waals surface area (Å²) in [5.74, 6) is 0.574. The van der Waals surface area contributed by atoms with Gasteiger partial charge >= 0.3 is 0 Å². The highest BCUT2D eigenvalue weighted by molar-refractivity contribution is 7.07. The summed E-state index contributed by atoms with van der Waals surface area (Å²) in [6.45, 7) is 0. The van der Waals surface area contributed by atoms with Gasteiger partial charge < -0.3 is 9.88 Å². The third-order valence-electron chi connectivity index (χ3n) is 4.01. The number of rotatable bonds is 2. The predicted molar refractivity (Wildman–Crippen MR) is 71.1 cm³/mol. The van der Waals surface area contributed by atoms with Gasteiger partial charge in [-0.15, -0.1) is 11.3 Å². The third kappa shape index (κ3) is 2.57. The standard InChI is InChI=1S/C13H19N3OS/c1-16-4-5-18-13(16)15-12(17)8-9-6-10-2-3-11(7-9)14-10/h4-5,9-11,14H,2-3,6-8H2,1H3. The Morgan fingerprint density at radius 3 is 2.83 bits per heavy atom. The molecule has 2 bridgehead atoms. The molecule has 18 heavy (non-hydrogen) atoms. The number of nitrogens with one attached hydrogen (secondary N) is 1. The lowest BCUT2D eigenvalue weighted by Gasteiger charge is -2.28. The second-order valence-corrected chi connectivity index (χ2v) is 6.35. The number of aryl methyl sites for hydroxylation is 1. The molecule has 4 nitrogen and oxygen atoms in total. The van der Waals surface area contributed by atoms with E-state index >= 15 is 0 Å². The lowest BCUT2D eigenvalue weighted by Crippen LogP contribution is -2.38. The molecule has 0 aliphatic carbocycles. The van der Waals surface area contributed by atoms with Gasteiger partial charge in [0.1, 0.15) is 0 Å². The number of fused-ring (bicyclic) bond motifs is 2. The number of nitrogens with zero attached hydrogens (tertiary/aromatic N) is 2. The first-order chi connectivity index (χ1) is 8.70. The molecule has 2 saturated heterocycles. The second kappa shape index (κ2) is 4.97. The van der Waals surface area contributed by atoms with E-state index in [1.54, 1.807) is 0 Å². The molecule has 98 valence electrons. The minimum Gasteiger partial charge on any atom is -0.327 e. The maximum absolute atomic E-state index is 12.0. The second-order valence-electron chi connectivity index (χ2n) is 5.48. The molecule has 0 saturated carbocycles. The number of thiazole rings is 1. The van der Waals surface area contributed by atoms with Crippen molar-refractivity contribution in [2.75, 3.05) is 0 Å². The maximum atomic E-state index is 12.0. The first kappa shape index (κ1) is 12.1. The predicted octanol–water partition coefficient (Wildman–Crippen LogP) is 1.43. The highest BCUT2D eigenvalue weighted by atomic mass is 32.1. The minimum absolute atomic E-state index is 0.0411. The normalized spacial score (nSPS) is 31.8. The maximum Gasteiger partial charge on any atom is 0.248 e. The van der Waals surface area contributed by atoms with E-state index in [-0.39, 0.29) is 5.91 Å². The van der Waals surface area contributed by atoms with Crippen LogP contribution in [0.5, 0.6) is 0 Å². The van der Waals surface area contributed by atoms with E-state index in [4.69, 9.17) is 0 Å². The molecule has 1 aromatic heterocycles. The average Bonchev–Trinajstić information content (AvgIpc) is 2.86. The fourth-order valence-corrected chi connectivity index (χ4v) is 3.92. The Morgan fingerprint density at radius 1 is 1.50 bits per heavy atom. The molecule has 5 heteroatoms. The molecule has 3 heterocycles. The van der Waals surface area contributed by atoms with Crippen molar-refractivity contribution in [2.45, 2.75) is 44.2 Å². The largest absolute Gasteiger partial charge is 0.327 e. The van der Waals surface area contributed by atoms with Gasteiger partial charge in [0.2, 0.25) is 5.91 Å². The van der Waals surface area contributed by atoms with Gasteiger partial charge in [-0.05, 0) is 31.6 Å². The van der Waals surface area contributed by atoms with Crippen LogP contribution in [-0.2, 0) is 11.8 Å². The average molecular weight is 265 g/mol. The molecule has 0 radical (unpaired) electrons. The van der Waals surface area contributed by atoms with E-state index in [9.17, 15) is 4.79 Å². The number of hydrogen-bond donors (Lipinski definition) is 1. The van der Waals surface area contributed by atoms with E-state index in [1.807, 2.05) is 23.2 Å². The quantitative estimate of drug-likeness (QED) is 0.879. The van der Waals surface area contributed by atoms with Crippen molar-refractivity contribution < 1.29 is 4.79 Å². The Bertz CT molecular complexity index is 492. The van der Waals surface area contributed by atoms with E-state index in [2.05, 4.69) is 10.3 Å². The summed E-state index contributed by atoms with van der Waals surface area (Å²) in [5.41, 5.74) is 0. The smallest absolute Gasteiger partial charge is 0.248 e. The zero-order valence-corrected chi connectivity index (χ0v) is 11.4. The number of carbonyl (C=O) groups is 1. The van der Waals surface area contributed by atoms with Crippen LogP contribution in [-0.4, -0.2) is 22.6 Å². The molecule has 1 N–H and O–H groups in total. The Labute approximate surface area is 111 Å².